The summed E-state index contributed by atoms with van der Waals surface area (Å²) in [6.07, 6.45) is 5.57. The van der Waals surface area contributed by atoms with Crippen LogP contribution in [0.25, 0.3) is 0 Å². The Morgan fingerprint density at radius 3 is 2.60 bits per heavy atom. The summed E-state index contributed by atoms with van der Waals surface area (Å²) >= 11 is 0. The number of piperidine rings is 1. The lowest BCUT2D eigenvalue weighted by molar-refractivity contribution is 0.0552. The Morgan fingerprint density at radius 1 is 1.23 bits per heavy atom. The summed E-state index contributed by atoms with van der Waals surface area (Å²) in [4.78, 5) is 17.6. The number of rotatable bonds is 1. The number of anilines is 1. The van der Waals surface area contributed by atoms with Gasteiger partial charge in [-0.05, 0) is 90.4 Å². The monoisotopic (exact) mass is 410 g/mol. The molecule has 0 aromatic heterocycles. The van der Waals surface area contributed by atoms with Crippen LogP contribution in [-0.2, 0) is 10.2 Å². The molecule has 2 heterocycles. The minimum absolute atomic E-state index is 0.0453. The van der Waals surface area contributed by atoms with Crippen molar-refractivity contribution in [3.8, 4) is 0 Å². The van der Waals surface area contributed by atoms with Crippen molar-refractivity contribution in [2.45, 2.75) is 83.8 Å². The van der Waals surface area contributed by atoms with E-state index in [1.807, 2.05) is 25.7 Å². The van der Waals surface area contributed by atoms with Crippen molar-refractivity contribution >= 4 is 11.8 Å². The molecule has 1 saturated carbocycles. The smallest absolute Gasteiger partial charge is 0.414 e. The zero-order valence-electron chi connectivity index (χ0n) is 19.5. The summed E-state index contributed by atoms with van der Waals surface area (Å²) < 4.78 is 5.75. The van der Waals surface area contributed by atoms with Crippen molar-refractivity contribution in [3.05, 3.63) is 41.5 Å². The quantitative estimate of drug-likeness (QED) is 0.546. The van der Waals surface area contributed by atoms with Crippen LogP contribution in [0.4, 0.5) is 10.5 Å². The Labute approximate surface area is 182 Å². The number of fused-ring (bicyclic) bond motifs is 2. The van der Waals surface area contributed by atoms with E-state index in [0.717, 1.165) is 50.5 Å². The van der Waals surface area contributed by atoms with Gasteiger partial charge in [0.2, 0.25) is 0 Å². The Bertz CT molecular complexity index is 830. The highest BCUT2D eigenvalue weighted by atomic mass is 16.6. The Kier molecular flexibility index (Phi) is 5.50. The molecular weight excluding hydrogens is 372 g/mol. The number of benzene rings is 1. The molecule has 1 aliphatic carbocycles. The highest BCUT2D eigenvalue weighted by molar-refractivity contribution is 5.91. The Morgan fingerprint density at radius 2 is 1.93 bits per heavy atom. The maximum absolute atomic E-state index is 13.0. The molecule has 1 spiro atoms. The lowest BCUT2D eigenvalue weighted by atomic mass is 9.72. The molecule has 1 aromatic rings. The number of aryl methyl sites for hydroxylation is 1. The minimum Gasteiger partial charge on any atom is -0.443 e. The van der Waals surface area contributed by atoms with Crippen LogP contribution >= 0.6 is 0 Å². The molecule has 0 bridgehead atoms. The molecule has 2 fully saturated rings. The van der Waals surface area contributed by atoms with Crippen molar-refractivity contribution in [3.63, 3.8) is 0 Å². The van der Waals surface area contributed by atoms with Gasteiger partial charge in [-0.25, -0.2) is 4.79 Å². The first kappa shape index (κ1) is 21.4. The molecule has 0 radical (unpaired) electrons. The number of amides is 1. The molecule has 2 atom stereocenters. The van der Waals surface area contributed by atoms with E-state index in [9.17, 15) is 4.79 Å². The van der Waals surface area contributed by atoms with Crippen LogP contribution in [0.15, 0.2) is 30.4 Å². The van der Waals surface area contributed by atoms with Crippen LogP contribution in [0.3, 0.4) is 0 Å². The van der Waals surface area contributed by atoms with E-state index < -0.39 is 5.60 Å². The number of likely N-dealkylation sites (tertiary alicyclic amines) is 1. The SMILES string of the molecule is C=C1CCC(C)C(N2CCC3(CC2)CN(C(=O)OC(C)(C)C)c2ccc(C)cc23)C1. The number of hydrogen-bond acceptors (Lipinski definition) is 3. The normalized spacial score (nSPS) is 26.7. The molecule has 4 rings (SSSR count). The summed E-state index contributed by atoms with van der Waals surface area (Å²) in [5, 5.41) is 0. The van der Waals surface area contributed by atoms with Gasteiger partial charge in [0.25, 0.3) is 0 Å². The Hall–Kier alpha value is -1.81. The van der Waals surface area contributed by atoms with E-state index in [-0.39, 0.29) is 11.5 Å². The lowest BCUT2D eigenvalue weighted by Gasteiger charge is -2.46. The molecule has 2 aliphatic heterocycles. The zero-order chi connectivity index (χ0) is 21.7. The van der Waals surface area contributed by atoms with Gasteiger partial charge in [-0.15, -0.1) is 0 Å². The highest BCUT2D eigenvalue weighted by Gasteiger charge is 2.48. The van der Waals surface area contributed by atoms with Crippen molar-refractivity contribution < 1.29 is 9.53 Å². The zero-order valence-corrected chi connectivity index (χ0v) is 19.5. The van der Waals surface area contributed by atoms with E-state index in [0.29, 0.717) is 6.04 Å². The third-order valence-electron chi connectivity index (χ3n) is 7.42. The predicted octanol–water partition coefficient (Wildman–Crippen LogP) is 5.83. The van der Waals surface area contributed by atoms with Crippen LogP contribution in [0, 0.1) is 12.8 Å². The van der Waals surface area contributed by atoms with Crippen LogP contribution in [0.2, 0.25) is 0 Å². The fraction of sp³-hybridized carbons (Fsp3) is 0.654. The largest absolute Gasteiger partial charge is 0.443 e. The molecule has 4 heteroatoms. The van der Waals surface area contributed by atoms with Gasteiger partial charge >= 0.3 is 6.09 Å². The van der Waals surface area contributed by atoms with Gasteiger partial charge < -0.3 is 4.74 Å². The van der Waals surface area contributed by atoms with Crippen LogP contribution < -0.4 is 4.90 Å². The summed E-state index contributed by atoms with van der Waals surface area (Å²) in [6.45, 7) is 17.6. The summed E-state index contributed by atoms with van der Waals surface area (Å²) in [6, 6.07) is 7.16. The molecule has 0 N–H and O–H groups in total. The topological polar surface area (TPSA) is 32.8 Å². The molecule has 4 nitrogen and oxygen atoms in total. The number of nitrogens with zero attached hydrogens (tertiary/aromatic N) is 2. The summed E-state index contributed by atoms with van der Waals surface area (Å²) in [5.74, 6) is 0.737. The van der Waals surface area contributed by atoms with Crippen LogP contribution in [0.5, 0.6) is 0 Å². The first-order valence-electron chi connectivity index (χ1n) is 11.6. The van der Waals surface area contributed by atoms with Gasteiger partial charge in [0.15, 0.2) is 0 Å². The van der Waals surface area contributed by atoms with Crippen molar-refractivity contribution in [1.29, 1.82) is 0 Å². The van der Waals surface area contributed by atoms with Gasteiger partial charge in [-0.1, -0.05) is 36.8 Å². The fourth-order valence-electron chi connectivity index (χ4n) is 5.69. The molecule has 164 valence electrons. The van der Waals surface area contributed by atoms with Gasteiger partial charge in [0.1, 0.15) is 5.60 Å². The van der Waals surface area contributed by atoms with Crippen LogP contribution in [0.1, 0.15) is 70.9 Å². The molecule has 2 unspecified atom stereocenters. The number of hydrogen-bond donors (Lipinski definition) is 0. The van der Waals surface area contributed by atoms with Gasteiger partial charge in [0.05, 0.1) is 5.69 Å². The second kappa shape index (κ2) is 7.71. The molecule has 30 heavy (non-hydrogen) atoms. The summed E-state index contributed by atoms with van der Waals surface area (Å²) in [5.41, 5.74) is 4.62. The van der Waals surface area contributed by atoms with Crippen molar-refractivity contribution in [2.24, 2.45) is 5.92 Å². The molecule has 1 saturated heterocycles. The molecule has 1 amide bonds. The van der Waals surface area contributed by atoms with Crippen molar-refractivity contribution in [2.75, 3.05) is 24.5 Å². The maximum Gasteiger partial charge on any atom is 0.414 e. The average Bonchev–Trinajstić information content (AvgIpc) is 2.97. The maximum atomic E-state index is 13.0. The average molecular weight is 411 g/mol. The van der Waals surface area contributed by atoms with E-state index in [2.05, 4.69) is 43.5 Å². The van der Waals surface area contributed by atoms with Crippen LogP contribution in [-0.4, -0.2) is 42.3 Å². The predicted molar refractivity (Wildman–Crippen MR) is 123 cm³/mol. The Balaban J connectivity index is 1.55. The molecule has 3 aliphatic rings. The van der Waals surface area contributed by atoms with Crippen molar-refractivity contribution in [1.82, 2.24) is 4.90 Å². The second-order valence-electron chi connectivity index (χ2n) is 10.9. The van der Waals surface area contributed by atoms with E-state index in [4.69, 9.17) is 4.74 Å². The van der Waals surface area contributed by atoms with E-state index in [1.54, 1.807) is 0 Å². The highest BCUT2D eigenvalue weighted by Crippen LogP contribution is 2.48. The first-order valence-corrected chi connectivity index (χ1v) is 11.6. The van der Waals surface area contributed by atoms with Gasteiger partial charge in [-0.2, -0.15) is 0 Å². The minimum atomic E-state index is -0.486. The molecular formula is C26H38N2O2. The number of carbonyl (C=O) groups excluding carboxylic acids is 1. The third kappa shape index (κ3) is 4.03. The van der Waals surface area contributed by atoms with Gasteiger partial charge in [-0.3, -0.25) is 9.80 Å². The number of carbonyl (C=O) groups is 1. The lowest BCUT2D eigenvalue weighted by Crippen LogP contribution is -2.51. The first-order chi connectivity index (χ1) is 14.1. The fourth-order valence-corrected chi connectivity index (χ4v) is 5.69. The summed E-state index contributed by atoms with van der Waals surface area (Å²) in [7, 11) is 0. The second-order valence-corrected chi connectivity index (χ2v) is 10.9. The van der Waals surface area contributed by atoms with Gasteiger partial charge in [0, 0.05) is 18.0 Å². The number of ether oxygens (including phenoxy) is 1. The third-order valence-corrected chi connectivity index (χ3v) is 7.42. The van der Waals surface area contributed by atoms with E-state index >= 15 is 0 Å². The molecule has 1 aromatic carbocycles. The standard InChI is InChI=1S/C26H38N2O2/c1-18-8-10-22-21(15-18)26(17-28(22)24(29)30-25(4,5)6)11-13-27(14-12-26)23-16-19(2)7-9-20(23)3/h8,10,15,20,23H,2,7,9,11-14,16-17H2,1,3-6H3. The van der Waals surface area contributed by atoms with E-state index in [1.165, 1.54) is 29.5 Å².